The fourth-order valence-corrected chi connectivity index (χ4v) is 4.33. The first-order valence-corrected chi connectivity index (χ1v) is 9.34. The van der Waals surface area contributed by atoms with E-state index in [2.05, 4.69) is 10.1 Å². The van der Waals surface area contributed by atoms with E-state index in [-0.39, 0.29) is 5.92 Å². The van der Waals surface area contributed by atoms with Gasteiger partial charge in [0.05, 0.1) is 4.90 Å². The van der Waals surface area contributed by atoms with Crippen LogP contribution in [0.1, 0.15) is 43.0 Å². The average molecular weight is 335 g/mol. The average Bonchev–Trinajstić information content (AvgIpc) is 3.04. The molecule has 2 aromatic rings. The van der Waals surface area contributed by atoms with Gasteiger partial charge in [-0.15, -0.1) is 0 Å². The third-order valence-corrected chi connectivity index (χ3v) is 6.07. The summed E-state index contributed by atoms with van der Waals surface area (Å²) in [6.45, 7) is 4.82. The Hall–Kier alpha value is -1.73. The van der Waals surface area contributed by atoms with E-state index in [4.69, 9.17) is 4.52 Å². The molecule has 1 fully saturated rings. The lowest BCUT2D eigenvalue weighted by Gasteiger charge is -2.30. The first kappa shape index (κ1) is 16.1. The molecular formula is C16H21N3O3S. The molecule has 1 saturated heterocycles. The maximum absolute atomic E-state index is 12.8. The van der Waals surface area contributed by atoms with Crippen molar-refractivity contribution in [1.82, 2.24) is 14.4 Å². The minimum absolute atomic E-state index is 0.00646. The molecule has 1 aliphatic heterocycles. The minimum Gasteiger partial charge on any atom is -0.339 e. The lowest BCUT2D eigenvalue weighted by Crippen LogP contribution is -2.39. The van der Waals surface area contributed by atoms with Gasteiger partial charge in [0.1, 0.15) is 0 Å². The molecule has 0 N–H and O–H groups in total. The number of benzene rings is 1. The molecule has 1 aromatic heterocycles. The molecule has 1 atom stereocenters. The molecule has 1 aliphatic rings. The molecule has 0 spiro atoms. The summed E-state index contributed by atoms with van der Waals surface area (Å²) in [4.78, 5) is 4.69. The second-order valence-electron chi connectivity index (χ2n) is 5.92. The Labute approximate surface area is 136 Å². The quantitative estimate of drug-likeness (QED) is 0.858. The van der Waals surface area contributed by atoms with Crippen LogP contribution in [0.25, 0.3) is 0 Å². The number of nitrogens with zero attached hydrogens (tertiary/aromatic N) is 3. The van der Waals surface area contributed by atoms with Crippen LogP contribution in [0.4, 0.5) is 0 Å². The van der Waals surface area contributed by atoms with Gasteiger partial charge in [-0.05, 0) is 31.9 Å². The number of aromatic nitrogens is 2. The highest BCUT2D eigenvalue weighted by Gasteiger charge is 2.32. The summed E-state index contributed by atoms with van der Waals surface area (Å²) >= 11 is 0. The van der Waals surface area contributed by atoms with E-state index >= 15 is 0 Å². The van der Waals surface area contributed by atoms with Gasteiger partial charge in [0.2, 0.25) is 15.9 Å². The van der Waals surface area contributed by atoms with Crippen molar-refractivity contribution in [2.45, 2.75) is 43.9 Å². The van der Waals surface area contributed by atoms with Crippen molar-refractivity contribution in [3.63, 3.8) is 0 Å². The fourth-order valence-electron chi connectivity index (χ4n) is 2.81. The fraction of sp³-hybridized carbons (Fsp3) is 0.500. The number of piperidine rings is 1. The Balaban J connectivity index is 1.81. The number of sulfonamides is 1. The van der Waals surface area contributed by atoms with Gasteiger partial charge in [-0.3, -0.25) is 0 Å². The molecular weight excluding hydrogens is 314 g/mol. The second kappa shape index (κ2) is 6.41. The van der Waals surface area contributed by atoms with Crippen molar-refractivity contribution in [1.29, 1.82) is 0 Å². The largest absolute Gasteiger partial charge is 0.339 e. The summed E-state index contributed by atoms with van der Waals surface area (Å²) in [6.07, 6.45) is 2.36. The summed E-state index contributed by atoms with van der Waals surface area (Å²) in [5, 5.41) is 4.00. The van der Waals surface area contributed by atoms with Gasteiger partial charge in [0.25, 0.3) is 0 Å². The van der Waals surface area contributed by atoms with Gasteiger partial charge >= 0.3 is 0 Å². The van der Waals surface area contributed by atoms with E-state index in [9.17, 15) is 8.42 Å². The molecule has 1 aromatic carbocycles. The predicted octanol–water partition coefficient (Wildman–Crippen LogP) is 2.51. The highest BCUT2D eigenvalue weighted by molar-refractivity contribution is 7.89. The lowest BCUT2D eigenvalue weighted by molar-refractivity contribution is 0.300. The zero-order chi connectivity index (χ0) is 16.4. The summed E-state index contributed by atoms with van der Waals surface area (Å²) in [5.74, 6) is 1.21. The van der Waals surface area contributed by atoms with Gasteiger partial charge in [-0.2, -0.15) is 9.29 Å². The Morgan fingerprint density at radius 2 is 2.04 bits per heavy atom. The van der Waals surface area contributed by atoms with Crippen LogP contribution in [0.15, 0.2) is 33.7 Å². The Kier molecular flexibility index (Phi) is 4.50. The molecule has 124 valence electrons. The third-order valence-electron chi connectivity index (χ3n) is 4.19. The number of rotatable bonds is 4. The van der Waals surface area contributed by atoms with Crippen molar-refractivity contribution >= 4 is 10.0 Å². The molecule has 6 nitrogen and oxygen atoms in total. The maximum Gasteiger partial charge on any atom is 0.243 e. The summed E-state index contributed by atoms with van der Waals surface area (Å²) < 4.78 is 32.3. The molecule has 0 amide bonds. The van der Waals surface area contributed by atoms with Gasteiger partial charge in [-0.1, -0.05) is 29.8 Å². The SMILES string of the molecule is CCc1nc([C@@H]2CCCN(S(=O)(=O)c3ccc(C)cc3)C2)no1. The normalized spacial score (nSPS) is 19.8. The zero-order valence-electron chi connectivity index (χ0n) is 13.4. The molecule has 0 unspecified atom stereocenters. The molecule has 0 saturated carbocycles. The highest BCUT2D eigenvalue weighted by atomic mass is 32.2. The summed E-state index contributed by atoms with van der Waals surface area (Å²) in [5.41, 5.74) is 1.04. The molecule has 0 aliphatic carbocycles. The Bertz CT molecular complexity index is 768. The predicted molar refractivity (Wildman–Crippen MR) is 85.6 cm³/mol. The van der Waals surface area contributed by atoms with Crippen LogP contribution in [-0.2, 0) is 16.4 Å². The monoisotopic (exact) mass is 335 g/mol. The van der Waals surface area contributed by atoms with Crippen molar-refractivity contribution in [2.75, 3.05) is 13.1 Å². The van der Waals surface area contributed by atoms with Crippen LogP contribution in [0.2, 0.25) is 0 Å². The first-order valence-electron chi connectivity index (χ1n) is 7.90. The van der Waals surface area contributed by atoms with E-state index in [0.29, 0.717) is 36.1 Å². The number of hydrogen-bond donors (Lipinski definition) is 0. The molecule has 7 heteroatoms. The van der Waals surface area contributed by atoms with E-state index in [1.54, 1.807) is 12.1 Å². The van der Waals surface area contributed by atoms with Crippen LogP contribution >= 0.6 is 0 Å². The van der Waals surface area contributed by atoms with Crippen LogP contribution in [-0.4, -0.2) is 36.0 Å². The van der Waals surface area contributed by atoms with Crippen LogP contribution in [0.5, 0.6) is 0 Å². The Morgan fingerprint density at radius 3 is 2.70 bits per heavy atom. The molecule has 3 rings (SSSR count). The smallest absolute Gasteiger partial charge is 0.243 e. The van der Waals surface area contributed by atoms with Gasteiger partial charge in [-0.25, -0.2) is 8.42 Å². The highest BCUT2D eigenvalue weighted by Crippen LogP contribution is 2.29. The van der Waals surface area contributed by atoms with E-state index in [0.717, 1.165) is 18.4 Å². The lowest BCUT2D eigenvalue weighted by atomic mass is 9.99. The van der Waals surface area contributed by atoms with Crippen LogP contribution in [0, 0.1) is 6.92 Å². The molecule has 0 radical (unpaired) electrons. The van der Waals surface area contributed by atoms with Gasteiger partial charge in [0.15, 0.2) is 5.82 Å². The van der Waals surface area contributed by atoms with Crippen molar-refractivity contribution < 1.29 is 12.9 Å². The van der Waals surface area contributed by atoms with E-state index < -0.39 is 10.0 Å². The van der Waals surface area contributed by atoms with Gasteiger partial charge < -0.3 is 4.52 Å². The van der Waals surface area contributed by atoms with Crippen LogP contribution in [0.3, 0.4) is 0 Å². The number of hydrogen-bond acceptors (Lipinski definition) is 5. The summed E-state index contributed by atoms with van der Waals surface area (Å²) in [7, 11) is -3.47. The second-order valence-corrected chi connectivity index (χ2v) is 7.85. The van der Waals surface area contributed by atoms with E-state index in [1.807, 2.05) is 26.0 Å². The zero-order valence-corrected chi connectivity index (χ0v) is 14.2. The third kappa shape index (κ3) is 3.30. The first-order chi connectivity index (χ1) is 11.0. The van der Waals surface area contributed by atoms with Crippen molar-refractivity contribution in [2.24, 2.45) is 0 Å². The minimum atomic E-state index is -3.47. The molecule has 2 heterocycles. The van der Waals surface area contributed by atoms with Crippen molar-refractivity contribution in [3.05, 3.63) is 41.5 Å². The van der Waals surface area contributed by atoms with Crippen molar-refractivity contribution in [3.8, 4) is 0 Å². The summed E-state index contributed by atoms with van der Waals surface area (Å²) in [6, 6.07) is 6.97. The maximum atomic E-state index is 12.8. The van der Waals surface area contributed by atoms with Gasteiger partial charge in [0, 0.05) is 25.4 Å². The number of aryl methyl sites for hydroxylation is 2. The standard InChI is InChI=1S/C16H21N3O3S/c1-3-15-17-16(18-22-15)13-5-4-10-19(11-13)23(20,21)14-8-6-12(2)7-9-14/h6-9,13H,3-5,10-11H2,1-2H3/t13-/m1/s1. The Morgan fingerprint density at radius 1 is 1.30 bits per heavy atom. The molecule has 0 bridgehead atoms. The van der Waals surface area contributed by atoms with E-state index in [1.165, 1.54) is 4.31 Å². The van der Waals surface area contributed by atoms with Crippen LogP contribution < -0.4 is 0 Å². The molecule has 23 heavy (non-hydrogen) atoms. The topological polar surface area (TPSA) is 76.3 Å².